The van der Waals surface area contributed by atoms with E-state index in [2.05, 4.69) is 10.7 Å². The first-order valence-electron chi connectivity index (χ1n) is 11.1. The van der Waals surface area contributed by atoms with Crippen LogP contribution >= 0.6 is 0 Å². The van der Waals surface area contributed by atoms with Crippen LogP contribution in [0.25, 0.3) is 0 Å². The Morgan fingerprint density at radius 2 is 1.86 bits per heavy atom. The molecule has 2 saturated heterocycles. The van der Waals surface area contributed by atoms with Gasteiger partial charge in [-0.05, 0) is 37.1 Å². The van der Waals surface area contributed by atoms with Gasteiger partial charge in [-0.25, -0.2) is 19.8 Å². The van der Waals surface area contributed by atoms with Crippen LogP contribution in [-0.2, 0) is 24.0 Å². The maximum Gasteiger partial charge on any atom is 0.358 e. The molecule has 2 fully saturated rings. The number of carbonyl (C=O) groups is 7. The molecule has 0 aliphatic carbocycles. The first-order chi connectivity index (χ1) is 17.1. The number of carboxylic acids is 1. The molecule has 2 heterocycles. The lowest BCUT2D eigenvalue weighted by Gasteiger charge is -2.42. The van der Waals surface area contributed by atoms with E-state index in [1.807, 2.05) is 0 Å². The summed E-state index contributed by atoms with van der Waals surface area (Å²) in [5, 5.41) is 14.2. The highest BCUT2D eigenvalue weighted by Crippen LogP contribution is 2.24. The zero-order valence-corrected chi connectivity index (χ0v) is 19.3. The minimum atomic E-state index is -1.31. The lowest BCUT2D eigenvalue weighted by Crippen LogP contribution is -2.64. The molecule has 0 aromatic heterocycles. The van der Waals surface area contributed by atoms with E-state index >= 15 is 0 Å². The summed E-state index contributed by atoms with van der Waals surface area (Å²) in [6, 6.07) is 2.21. The lowest BCUT2D eigenvalue weighted by molar-refractivity contribution is -0.155. The minimum absolute atomic E-state index is 0.127. The second-order valence-corrected chi connectivity index (χ2v) is 8.11. The van der Waals surface area contributed by atoms with Gasteiger partial charge in [0.2, 0.25) is 11.8 Å². The van der Waals surface area contributed by atoms with E-state index in [9.17, 15) is 33.6 Å². The van der Waals surface area contributed by atoms with E-state index in [4.69, 9.17) is 9.84 Å². The van der Waals surface area contributed by atoms with Gasteiger partial charge in [0.15, 0.2) is 0 Å². The van der Waals surface area contributed by atoms with Crippen LogP contribution in [0.4, 0.5) is 4.79 Å². The normalized spacial score (nSPS) is 18.5. The van der Waals surface area contributed by atoms with Gasteiger partial charge in [-0.1, -0.05) is 0 Å². The van der Waals surface area contributed by atoms with Gasteiger partial charge in [-0.3, -0.25) is 29.4 Å². The van der Waals surface area contributed by atoms with Crippen molar-refractivity contribution in [2.75, 3.05) is 13.1 Å². The number of nitrogens with one attached hydrogen (secondary N) is 2. The molecule has 1 aromatic rings. The number of ether oxygens (including phenoxy) is 1. The molecule has 3 N–H and O–H groups in total. The molecule has 3 rings (SSSR count). The Morgan fingerprint density at radius 3 is 2.47 bits per heavy atom. The molecule has 5 amide bonds. The van der Waals surface area contributed by atoms with Crippen molar-refractivity contribution in [3.05, 3.63) is 29.8 Å². The second kappa shape index (κ2) is 11.3. The van der Waals surface area contributed by atoms with Gasteiger partial charge in [-0.15, -0.1) is 0 Å². The average molecular weight is 503 g/mol. The molecule has 2 unspecified atom stereocenters. The Bertz CT molecular complexity index is 1070. The van der Waals surface area contributed by atoms with Gasteiger partial charge in [0.1, 0.15) is 18.1 Å². The molecule has 2 atom stereocenters. The van der Waals surface area contributed by atoms with Crippen molar-refractivity contribution in [1.82, 2.24) is 25.8 Å². The molecule has 14 heteroatoms. The van der Waals surface area contributed by atoms with E-state index in [1.54, 1.807) is 0 Å². The first kappa shape index (κ1) is 26.1. The summed E-state index contributed by atoms with van der Waals surface area (Å²) >= 11 is 0. The number of hydrogen-bond acceptors (Lipinski definition) is 8. The average Bonchev–Trinajstić information content (AvgIpc) is 2.95. The summed E-state index contributed by atoms with van der Waals surface area (Å²) in [5.74, 6) is -3.52. The Morgan fingerprint density at radius 1 is 1.17 bits per heavy atom. The monoisotopic (exact) mass is 503 g/mol. The van der Waals surface area contributed by atoms with E-state index in [0.717, 1.165) is 15.0 Å². The second-order valence-electron chi connectivity index (χ2n) is 8.11. The van der Waals surface area contributed by atoms with Crippen LogP contribution in [0.2, 0.25) is 0 Å². The van der Waals surface area contributed by atoms with Crippen LogP contribution in [0.15, 0.2) is 24.3 Å². The fourth-order valence-electron chi connectivity index (χ4n) is 3.84. The van der Waals surface area contributed by atoms with Gasteiger partial charge in [0, 0.05) is 25.5 Å². The zero-order valence-electron chi connectivity index (χ0n) is 19.3. The third-order valence-corrected chi connectivity index (χ3v) is 5.47. The number of aliphatic carboxylic acids is 1. The number of nitrogens with zero attached hydrogens (tertiary/aromatic N) is 3. The molecule has 0 saturated carbocycles. The summed E-state index contributed by atoms with van der Waals surface area (Å²) in [5.41, 5.74) is 2.57. The molecule has 2 aliphatic rings. The van der Waals surface area contributed by atoms with Gasteiger partial charge in [0.05, 0.1) is 19.0 Å². The summed E-state index contributed by atoms with van der Waals surface area (Å²) in [6.07, 6.45) is 0.0508. The molecule has 0 spiro atoms. The number of carboxylic acid groups (broad SMARTS) is 1. The SMILES string of the molecule is CC(=O)Oc1ccc(C(=O)NN2CCC(=O)N3CCCC(C(=O)NC(C=O)CC(=O)O)N3C2=O)cc1. The number of benzene rings is 1. The summed E-state index contributed by atoms with van der Waals surface area (Å²) in [6.45, 7) is 1.24. The highest BCUT2D eigenvalue weighted by atomic mass is 16.5. The molecule has 36 heavy (non-hydrogen) atoms. The molecule has 1 aromatic carbocycles. The van der Waals surface area contributed by atoms with Crippen molar-refractivity contribution in [2.45, 2.75) is 44.7 Å². The molecule has 2 aliphatic heterocycles. The van der Waals surface area contributed by atoms with Gasteiger partial charge in [0.25, 0.3) is 5.91 Å². The van der Waals surface area contributed by atoms with Crippen molar-refractivity contribution in [1.29, 1.82) is 0 Å². The predicted molar refractivity (Wildman–Crippen MR) is 119 cm³/mol. The zero-order chi connectivity index (χ0) is 26.4. The van der Waals surface area contributed by atoms with E-state index in [1.165, 1.54) is 31.2 Å². The van der Waals surface area contributed by atoms with Crippen LogP contribution in [0.1, 0.15) is 43.0 Å². The number of urea groups is 1. The van der Waals surface area contributed by atoms with Gasteiger partial charge >= 0.3 is 18.0 Å². The van der Waals surface area contributed by atoms with Crippen molar-refractivity contribution in [3.63, 3.8) is 0 Å². The third kappa shape index (κ3) is 6.14. The quantitative estimate of drug-likeness (QED) is 0.238. The Kier molecular flexibility index (Phi) is 8.19. The third-order valence-electron chi connectivity index (χ3n) is 5.47. The molecule has 14 nitrogen and oxygen atoms in total. The Balaban J connectivity index is 1.77. The van der Waals surface area contributed by atoms with Crippen LogP contribution in [0.5, 0.6) is 5.75 Å². The molecular weight excluding hydrogens is 478 g/mol. The van der Waals surface area contributed by atoms with Crippen LogP contribution in [0.3, 0.4) is 0 Å². The molecule has 0 radical (unpaired) electrons. The van der Waals surface area contributed by atoms with Gasteiger partial charge < -0.3 is 20.0 Å². The molecule has 192 valence electrons. The van der Waals surface area contributed by atoms with Crippen LogP contribution < -0.4 is 15.5 Å². The van der Waals surface area contributed by atoms with Crippen molar-refractivity contribution < 1.29 is 43.4 Å². The highest BCUT2D eigenvalue weighted by Gasteiger charge is 2.44. The first-order valence-corrected chi connectivity index (χ1v) is 11.1. The smallest absolute Gasteiger partial charge is 0.358 e. The number of carbonyl (C=O) groups excluding carboxylic acids is 6. The number of amides is 5. The minimum Gasteiger partial charge on any atom is -0.481 e. The molecule has 0 bridgehead atoms. The van der Waals surface area contributed by atoms with E-state index in [0.29, 0.717) is 6.42 Å². The highest BCUT2D eigenvalue weighted by molar-refractivity contribution is 5.97. The van der Waals surface area contributed by atoms with E-state index < -0.39 is 54.2 Å². The van der Waals surface area contributed by atoms with Crippen molar-refractivity contribution in [3.8, 4) is 5.75 Å². The van der Waals surface area contributed by atoms with Crippen LogP contribution in [-0.4, -0.2) is 87.3 Å². The summed E-state index contributed by atoms with van der Waals surface area (Å²) < 4.78 is 4.92. The molecular formula is C22H25N5O9. The standard InChI is InChI=1S/C22H25N5O9/c1-13(29)36-16-6-4-14(5-7-16)20(33)24-25-10-8-18(30)26-9-2-3-17(27(26)22(25)35)21(34)23-15(12-28)11-19(31)32/h4-7,12,15,17H,2-3,8-11H2,1H3,(H,23,34)(H,24,33)(H,31,32). The van der Waals surface area contributed by atoms with Gasteiger partial charge in [-0.2, -0.15) is 0 Å². The number of rotatable bonds is 8. The fourth-order valence-corrected chi connectivity index (χ4v) is 3.84. The predicted octanol–water partition coefficient (Wildman–Crippen LogP) is -0.551. The number of hydrazine groups is 2. The number of hydrogen-bond donors (Lipinski definition) is 3. The number of fused-ring (bicyclic) bond motifs is 1. The topological polar surface area (TPSA) is 183 Å². The van der Waals surface area contributed by atoms with E-state index in [-0.39, 0.29) is 43.5 Å². The van der Waals surface area contributed by atoms with Crippen molar-refractivity contribution in [2.24, 2.45) is 0 Å². The lowest BCUT2D eigenvalue weighted by atomic mass is 10.1. The fraction of sp³-hybridized carbons (Fsp3) is 0.409. The number of aldehydes is 1. The Labute approximate surface area is 205 Å². The largest absolute Gasteiger partial charge is 0.481 e. The number of esters is 1. The Hall–Kier alpha value is -4.49. The summed E-state index contributed by atoms with van der Waals surface area (Å²) in [4.78, 5) is 84.9. The maximum atomic E-state index is 13.4. The van der Waals surface area contributed by atoms with Crippen molar-refractivity contribution >= 4 is 42.0 Å². The maximum absolute atomic E-state index is 13.4. The summed E-state index contributed by atoms with van der Waals surface area (Å²) in [7, 11) is 0. The van der Waals surface area contributed by atoms with Crippen LogP contribution in [0, 0.1) is 0 Å².